The molecule has 0 spiro atoms. The predicted octanol–water partition coefficient (Wildman–Crippen LogP) is 1.95. The number of benzene rings is 1. The van der Waals surface area contributed by atoms with Crippen molar-refractivity contribution in [1.82, 2.24) is 0 Å². The number of hydrogen-bond donors (Lipinski definition) is 1. The van der Waals surface area contributed by atoms with Crippen LogP contribution in [0, 0.1) is 5.41 Å². The molecule has 0 saturated carbocycles. The number of rotatable bonds is 0. The van der Waals surface area contributed by atoms with E-state index in [9.17, 15) is 0 Å². The van der Waals surface area contributed by atoms with E-state index in [1.54, 1.807) is 0 Å². The van der Waals surface area contributed by atoms with E-state index < -0.39 is 0 Å². The molecule has 3 nitrogen and oxygen atoms in total. The zero-order valence-corrected chi connectivity index (χ0v) is 9.40. The van der Waals surface area contributed by atoms with Gasteiger partial charge < -0.3 is 5.84 Å². The fourth-order valence-electron chi connectivity index (χ4n) is 2.93. The van der Waals surface area contributed by atoms with Crippen LogP contribution in [-0.2, 0) is 0 Å². The minimum atomic E-state index is -0.0588. The third-order valence-electron chi connectivity index (χ3n) is 3.72. The maximum Gasteiger partial charge on any atom is 0.0798 e. The molecule has 3 rings (SSSR count). The lowest BCUT2D eigenvalue weighted by atomic mass is 9.78. The molecule has 82 valence electrons. The summed E-state index contributed by atoms with van der Waals surface area (Å²) in [6.45, 7) is 3.13. The Labute approximate surface area is 95.1 Å². The van der Waals surface area contributed by atoms with Crippen molar-refractivity contribution in [2.75, 3.05) is 6.54 Å². The first-order valence-corrected chi connectivity index (χ1v) is 5.70. The van der Waals surface area contributed by atoms with Crippen LogP contribution >= 0.6 is 0 Å². The number of nitrogens with zero attached hydrogens (tertiary/aromatic N) is 2. The Kier molecular flexibility index (Phi) is 1.90. The molecular weight excluding hydrogens is 198 g/mol. The molecule has 1 atom stereocenters. The van der Waals surface area contributed by atoms with Gasteiger partial charge in [0.25, 0.3) is 0 Å². The fourth-order valence-corrected chi connectivity index (χ4v) is 2.93. The molecule has 2 aliphatic rings. The van der Waals surface area contributed by atoms with Crippen molar-refractivity contribution in [3.63, 3.8) is 0 Å². The highest BCUT2D eigenvalue weighted by Gasteiger charge is 2.45. The van der Waals surface area contributed by atoms with Crippen LogP contribution in [0.15, 0.2) is 34.4 Å². The van der Waals surface area contributed by atoms with E-state index >= 15 is 0 Å². The van der Waals surface area contributed by atoms with E-state index in [1.165, 1.54) is 11.3 Å². The number of aliphatic imine (C=N–C) groups is 1. The Bertz CT molecular complexity index is 502. The van der Waals surface area contributed by atoms with Crippen LogP contribution < -0.4 is 5.84 Å². The summed E-state index contributed by atoms with van der Waals surface area (Å²) in [4.78, 5) is 4.68. The van der Waals surface area contributed by atoms with E-state index in [1.807, 2.05) is 6.07 Å². The van der Waals surface area contributed by atoms with Gasteiger partial charge in [-0.15, -0.1) is 0 Å². The van der Waals surface area contributed by atoms with Crippen LogP contribution in [0.3, 0.4) is 0 Å². The van der Waals surface area contributed by atoms with Gasteiger partial charge in [-0.25, -0.2) is 0 Å². The predicted molar refractivity (Wildman–Crippen MR) is 65.9 cm³/mol. The summed E-state index contributed by atoms with van der Waals surface area (Å²) in [6.07, 6.45) is 2.21. The Morgan fingerprint density at radius 2 is 2.06 bits per heavy atom. The fraction of sp³-hybridized carbons (Fsp3) is 0.385. The molecule has 0 amide bonds. The lowest BCUT2D eigenvalue weighted by Crippen LogP contribution is -2.34. The summed E-state index contributed by atoms with van der Waals surface area (Å²) in [5, 5.41) is 4.02. The van der Waals surface area contributed by atoms with E-state index in [0.29, 0.717) is 0 Å². The van der Waals surface area contributed by atoms with E-state index in [-0.39, 0.29) is 5.41 Å². The Balaban J connectivity index is 2.31. The van der Waals surface area contributed by atoms with Crippen molar-refractivity contribution < 1.29 is 0 Å². The number of hydrogen-bond acceptors (Lipinski definition) is 3. The first-order chi connectivity index (χ1) is 7.77. The van der Waals surface area contributed by atoms with Crippen LogP contribution in [0.1, 0.15) is 30.9 Å². The second-order valence-corrected chi connectivity index (χ2v) is 4.69. The standard InChI is InChI=1S/C13H15N3/c1-13-7-4-8-15-11(13)9-5-2-3-6-10(9)12(13)16-14/h2-3,5-6H,4,7-8,14H2,1H3/b16-12+/t13-/m0/s1. The molecule has 3 heteroatoms. The quantitative estimate of drug-likeness (QED) is 0.519. The Hall–Kier alpha value is -1.64. The van der Waals surface area contributed by atoms with Crippen molar-refractivity contribution in [2.24, 2.45) is 21.4 Å². The molecule has 0 bridgehead atoms. The van der Waals surface area contributed by atoms with Gasteiger partial charge in [0.1, 0.15) is 0 Å². The lowest BCUT2D eigenvalue weighted by molar-refractivity contribution is 0.531. The SMILES string of the molecule is C[C@]12CCCN=C1c1ccccc1/C2=N\N. The molecule has 0 aromatic heterocycles. The van der Waals surface area contributed by atoms with Crippen LogP contribution in [0.4, 0.5) is 0 Å². The van der Waals surface area contributed by atoms with Gasteiger partial charge in [-0.2, -0.15) is 5.10 Å². The highest BCUT2D eigenvalue weighted by atomic mass is 15.1. The summed E-state index contributed by atoms with van der Waals surface area (Å²) in [6, 6.07) is 8.30. The average molecular weight is 213 g/mol. The molecule has 0 unspecified atom stereocenters. The Morgan fingerprint density at radius 1 is 1.31 bits per heavy atom. The minimum absolute atomic E-state index is 0.0588. The molecular formula is C13H15N3. The molecule has 1 heterocycles. The van der Waals surface area contributed by atoms with Gasteiger partial charge >= 0.3 is 0 Å². The second kappa shape index (κ2) is 3.17. The Morgan fingerprint density at radius 3 is 2.81 bits per heavy atom. The minimum Gasteiger partial charge on any atom is -0.323 e. The van der Waals surface area contributed by atoms with Crippen molar-refractivity contribution in [3.8, 4) is 0 Å². The van der Waals surface area contributed by atoms with Gasteiger partial charge in [-0.1, -0.05) is 24.3 Å². The summed E-state index contributed by atoms with van der Waals surface area (Å²) < 4.78 is 0. The van der Waals surface area contributed by atoms with Crippen LogP contribution in [-0.4, -0.2) is 18.0 Å². The van der Waals surface area contributed by atoms with Crippen molar-refractivity contribution in [3.05, 3.63) is 35.4 Å². The summed E-state index contributed by atoms with van der Waals surface area (Å²) >= 11 is 0. The van der Waals surface area contributed by atoms with E-state index in [2.05, 4.69) is 35.2 Å². The number of fused-ring (bicyclic) bond motifs is 3. The third kappa shape index (κ3) is 1.03. The highest BCUT2D eigenvalue weighted by Crippen LogP contribution is 2.42. The molecule has 1 aliphatic carbocycles. The van der Waals surface area contributed by atoms with E-state index in [0.717, 1.165) is 30.7 Å². The van der Waals surface area contributed by atoms with Crippen molar-refractivity contribution >= 4 is 11.4 Å². The normalized spacial score (nSPS) is 29.8. The summed E-state index contributed by atoms with van der Waals surface area (Å²) in [5.74, 6) is 5.57. The average Bonchev–Trinajstić information content (AvgIpc) is 2.57. The number of hydrazone groups is 1. The molecule has 1 aromatic rings. The maximum atomic E-state index is 5.57. The van der Waals surface area contributed by atoms with Gasteiger partial charge in [0.05, 0.1) is 16.8 Å². The lowest BCUT2D eigenvalue weighted by Gasteiger charge is -2.28. The van der Waals surface area contributed by atoms with Crippen LogP contribution in [0.25, 0.3) is 0 Å². The highest BCUT2D eigenvalue weighted by molar-refractivity contribution is 6.32. The van der Waals surface area contributed by atoms with Gasteiger partial charge in [0.2, 0.25) is 0 Å². The third-order valence-corrected chi connectivity index (χ3v) is 3.72. The second-order valence-electron chi connectivity index (χ2n) is 4.69. The first kappa shape index (κ1) is 9.58. The van der Waals surface area contributed by atoms with Gasteiger partial charge in [-0.3, -0.25) is 4.99 Å². The van der Waals surface area contributed by atoms with Gasteiger partial charge in [0.15, 0.2) is 0 Å². The van der Waals surface area contributed by atoms with Gasteiger partial charge in [-0.05, 0) is 19.8 Å². The zero-order chi connectivity index (χ0) is 11.2. The maximum absolute atomic E-state index is 5.57. The molecule has 1 aromatic carbocycles. The summed E-state index contributed by atoms with van der Waals surface area (Å²) in [7, 11) is 0. The zero-order valence-electron chi connectivity index (χ0n) is 9.40. The van der Waals surface area contributed by atoms with Gasteiger partial charge in [0, 0.05) is 17.7 Å². The van der Waals surface area contributed by atoms with Crippen LogP contribution in [0.5, 0.6) is 0 Å². The largest absolute Gasteiger partial charge is 0.323 e. The number of nitrogens with two attached hydrogens (primary N) is 1. The first-order valence-electron chi connectivity index (χ1n) is 5.70. The molecule has 0 saturated heterocycles. The van der Waals surface area contributed by atoms with Crippen LogP contribution in [0.2, 0.25) is 0 Å². The summed E-state index contributed by atoms with van der Waals surface area (Å²) in [5.41, 5.74) is 4.50. The van der Waals surface area contributed by atoms with Crippen molar-refractivity contribution in [2.45, 2.75) is 19.8 Å². The molecule has 2 N–H and O–H groups in total. The molecule has 16 heavy (non-hydrogen) atoms. The molecule has 0 fully saturated rings. The molecule has 1 aliphatic heterocycles. The topological polar surface area (TPSA) is 50.7 Å². The molecule has 0 radical (unpaired) electrons. The van der Waals surface area contributed by atoms with Crippen molar-refractivity contribution in [1.29, 1.82) is 0 Å². The monoisotopic (exact) mass is 213 g/mol. The smallest absolute Gasteiger partial charge is 0.0798 e. The van der Waals surface area contributed by atoms with E-state index in [4.69, 9.17) is 5.84 Å².